The number of nitrogens with zero attached hydrogens (tertiary/aromatic N) is 3. The van der Waals surface area contributed by atoms with Gasteiger partial charge in [0.15, 0.2) is 11.5 Å². The van der Waals surface area contributed by atoms with Gasteiger partial charge < -0.3 is 24.4 Å². The molecule has 2 fully saturated rings. The van der Waals surface area contributed by atoms with Crippen molar-refractivity contribution in [2.75, 3.05) is 65.1 Å². The van der Waals surface area contributed by atoms with E-state index in [0.29, 0.717) is 55.2 Å². The minimum atomic E-state index is -0.564. The number of hydrogen-bond acceptors (Lipinski definition) is 8. The molecule has 10 heteroatoms. The number of rotatable bonds is 12. The minimum Gasteiger partial charge on any atom is -0.493 e. The summed E-state index contributed by atoms with van der Waals surface area (Å²) >= 11 is 0. The Balaban J connectivity index is 1.22. The normalized spacial score (nSPS) is 19.4. The standard InChI is InChI=1S/C37H44N4O6/c1-25(26-9-5-4-6-10-26)39-18-20-40(21-19-39)31-12-7-11-29-34(31)37(44)41(36(29)43)30(27-14-15-32(45-2)33(23-27)46-3)13-8-17-38-35(42)28-16-22-47-24-28/h4-7,9-12,14-15,23,25,28,30H,8,13,16-22,24H2,1-3H3,(H,38,42)/t25-,28?,30-/m1/s1. The van der Waals surface area contributed by atoms with Crippen LogP contribution in [-0.4, -0.2) is 87.7 Å². The molecule has 0 aromatic heterocycles. The van der Waals surface area contributed by atoms with Crippen LogP contribution in [0, 0.1) is 5.92 Å². The van der Waals surface area contributed by atoms with Crippen molar-refractivity contribution in [3.8, 4) is 11.5 Å². The van der Waals surface area contributed by atoms with E-state index < -0.39 is 6.04 Å². The molecule has 0 aliphatic carbocycles. The Kier molecular flexibility index (Phi) is 10.1. The quantitative estimate of drug-likeness (QED) is 0.222. The van der Waals surface area contributed by atoms with Crippen molar-refractivity contribution in [2.45, 2.75) is 38.3 Å². The third-order valence-corrected chi connectivity index (χ3v) is 9.77. The van der Waals surface area contributed by atoms with Gasteiger partial charge in [-0.15, -0.1) is 0 Å². The zero-order valence-electron chi connectivity index (χ0n) is 27.4. The second-order valence-electron chi connectivity index (χ2n) is 12.4. The molecule has 2 saturated heterocycles. The number of amides is 3. The van der Waals surface area contributed by atoms with Gasteiger partial charge in [0.2, 0.25) is 5.91 Å². The number of piperazine rings is 1. The van der Waals surface area contributed by atoms with E-state index in [4.69, 9.17) is 14.2 Å². The first-order valence-corrected chi connectivity index (χ1v) is 16.5. The number of ether oxygens (including phenoxy) is 3. The van der Waals surface area contributed by atoms with Crippen molar-refractivity contribution in [1.82, 2.24) is 15.1 Å². The van der Waals surface area contributed by atoms with Gasteiger partial charge in [-0.2, -0.15) is 0 Å². The SMILES string of the molecule is COc1ccc([C@@H](CCCNC(=O)C2CCOC2)N2C(=O)c3cccc(N4CCN([C@H](C)c5ccccc5)CC4)c3C2=O)cc1OC. The van der Waals surface area contributed by atoms with Crippen molar-refractivity contribution in [2.24, 2.45) is 5.92 Å². The molecule has 6 rings (SSSR count). The van der Waals surface area contributed by atoms with Crippen molar-refractivity contribution < 1.29 is 28.6 Å². The van der Waals surface area contributed by atoms with Crippen molar-refractivity contribution in [3.63, 3.8) is 0 Å². The predicted molar refractivity (Wildman–Crippen MR) is 179 cm³/mol. The van der Waals surface area contributed by atoms with Gasteiger partial charge in [-0.25, -0.2) is 0 Å². The molecule has 3 amide bonds. The van der Waals surface area contributed by atoms with Crippen LogP contribution in [0.25, 0.3) is 0 Å². The maximum Gasteiger partial charge on any atom is 0.264 e. The zero-order chi connectivity index (χ0) is 32.9. The molecule has 0 bridgehead atoms. The number of methoxy groups -OCH3 is 2. The topological polar surface area (TPSA) is 101 Å². The number of imide groups is 1. The Bertz CT molecular complexity index is 1580. The third-order valence-electron chi connectivity index (χ3n) is 9.77. The molecular weight excluding hydrogens is 596 g/mol. The molecule has 1 unspecified atom stereocenters. The molecule has 0 radical (unpaired) electrons. The molecule has 3 aromatic carbocycles. The fourth-order valence-electron chi connectivity index (χ4n) is 7.02. The van der Waals surface area contributed by atoms with Crippen LogP contribution in [-0.2, 0) is 9.53 Å². The highest BCUT2D eigenvalue weighted by Crippen LogP contribution is 2.40. The molecule has 0 saturated carbocycles. The van der Waals surface area contributed by atoms with Crippen LogP contribution in [0.5, 0.6) is 11.5 Å². The van der Waals surface area contributed by atoms with E-state index in [1.807, 2.05) is 30.3 Å². The second kappa shape index (κ2) is 14.6. The molecule has 3 aromatic rings. The molecule has 10 nitrogen and oxygen atoms in total. The van der Waals surface area contributed by atoms with Gasteiger partial charge in [0.1, 0.15) is 0 Å². The molecule has 3 aliphatic rings. The highest BCUT2D eigenvalue weighted by Gasteiger charge is 2.43. The van der Waals surface area contributed by atoms with Crippen LogP contribution in [0.2, 0.25) is 0 Å². The summed E-state index contributed by atoms with van der Waals surface area (Å²) < 4.78 is 16.4. The van der Waals surface area contributed by atoms with Crippen LogP contribution in [0.4, 0.5) is 5.69 Å². The van der Waals surface area contributed by atoms with E-state index in [2.05, 4.69) is 46.3 Å². The van der Waals surface area contributed by atoms with Gasteiger partial charge in [-0.3, -0.25) is 24.2 Å². The Morgan fingerprint density at radius 1 is 0.915 bits per heavy atom. The Labute approximate surface area is 276 Å². The van der Waals surface area contributed by atoms with E-state index >= 15 is 0 Å². The zero-order valence-corrected chi connectivity index (χ0v) is 27.4. The molecule has 1 N–H and O–H groups in total. The van der Waals surface area contributed by atoms with Gasteiger partial charge >= 0.3 is 0 Å². The molecule has 3 atom stereocenters. The minimum absolute atomic E-state index is 0.0196. The smallest absolute Gasteiger partial charge is 0.264 e. The van der Waals surface area contributed by atoms with E-state index in [1.54, 1.807) is 26.4 Å². The monoisotopic (exact) mass is 640 g/mol. The second-order valence-corrected chi connectivity index (χ2v) is 12.4. The summed E-state index contributed by atoms with van der Waals surface area (Å²) in [6.45, 7) is 6.90. The average Bonchev–Trinajstić information content (AvgIpc) is 3.75. The van der Waals surface area contributed by atoms with Gasteiger partial charge in [0, 0.05) is 45.4 Å². The van der Waals surface area contributed by atoms with Gasteiger partial charge in [-0.05, 0) is 61.6 Å². The Morgan fingerprint density at radius 2 is 1.68 bits per heavy atom. The van der Waals surface area contributed by atoms with Crippen LogP contribution < -0.4 is 19.7 Å². The first-order valence-electron chi connectivity index (χ1n) is 16.5. The summed E-state index contributed by atoms with van der Waals surface area (Å²) in [5.41, 5.74) is 3.73. The van der Waals surface area contributed by atoms with Gasteiger partial charge in [-0.1, -0.05) is 42.5 Å². The fraction of sp³-hybridized carbons (Fsp3) is 0.432. The van der Waals surface area contributed by atoms with Crippen molar-refractivity contribution in [1.29, 1.82) is 0 Å². The maximum absolute atomic E-state index is 14.4. The average molecular weight is 641 g/mol. The lowest BCUT2D eigenvalue weighted by atomic mass is 9.99. The molecule has 3 aliphatic heterocycles. The van der Waals surface area contributed by atoms with Gasteiger partial charge in [0.25, 0.3) is 11.8 Å². The number of anilines is 1. The van der Waals surface area contributed by atoms with E-state index in [1.165, 1.54) is 10.5 Å². The predicted octanol–water partition coefficient (Wildman–Crippen LogP) is 4.86. The van der Waals surface area contributed by atoms with Crippen LogP contribution >= 0.6 is 0 Å². The molecule has 47 heavy (non-hydrogen) atoms. The highest BCUT2D eigenvalue weighted by atomic mass is 16.5. The first-order chi connectivity index (χ1) is 22.9. The van der Waals surface area contributed by atoms with E-state index in [0.717, 1.165) is 43.9 Å². The Hall–Kier alpha value is -4.41. The van der Waals surface area contributed by atoms with E-state index in [9.17, 15) is 14.4 Å². The largest absolute Gasteiger partial charge is 0.493 e. The highest BCUT2D eigenvalue weighted by molar-refractivity contribution is 6.24. The van der Waals surface area contributed by atoms with Gasteiger partial charge in [0.05, 0.1) is 49.6 Å². The number of fused-ring (bicyclic) bond motifs is 1. The molecule has 0 spiro atoms. The number of benzene rings is 3. The summed E-state index contributed by atoms with van der Waals surface area (Å²) in [5, 5.41) is 3.01. The number of hydrogen-bond donors (Lipinski definition) is 1. The molecule has 248 valence electrons. The number of nitrogens with one attached hydrogen (secondary N) is 1. The van der Waals surface area contributed by atoms with Crippen LogP contribution in [0.15, 0.2) is 66.7 Å². The number of carbonyl (C=O) groups is 3. The maximum atomic E-state index is 14.4. The Morgan fingerprint density at radius 3 is 2.38 bits per heavy atom. The van der Waals surface area contributed by atoms with Crippen molar-refractivity contribution >= 4 is 23.4 Å². The lowest BCUT2D eigenvalue weighted by Gasteiger charge is -2.39. The van der Waals surface area contributed by atoms with Crippen LogP contribution in [0.1, 0.15) is 70.1 Å². The fourth-order valence-corrected chi connectivity index (χ4v) is 7.02. The lowest BCUT2D eigenvalue weighted by Crippen LogP contribution is -2.47. The molecular formula is C37H44N4O6. The summed E-state index contributed by atoms with van der Waals surface area (Å²) in [7, 11) is 3.13. The van der Waals surface area contributed by atoms with Crippen molar-refractivity contribution in [3.05, 3.63) is 89.0 Å². The van der Waals surface area contributed by atoms with E-state index in [-0.39, 0.29) is 29.7 Å². The first kappa shape index (κ1) is 32.5. The summed E-state index contributed by atoms with van der Waals surface area (Å²) in [6.07, 6.45) is 1.76. The summed E-state index contributed by atoms with van der Waals surface area (Å²) in [4.78, 5) is 47.1. The summed E-state index contributed by atoms with van der Waals surface area (Å²) in [5.74, 6) is 0.321. The molecule has 3 heterocycles. The third kappa shape index (κ3) is 6.71. The lowest BCUT2D eigenvalue weighted by molar-refractivity contribution is -0.124. The number of carbonyl (C=O) groups excluding carboxylic acids is 3. The van der Waals surface area contributed by atoms with Crippen LogP contribution in [0.3, 0.4) is 0 Å². The summed E-state index contributed by atoms with van der Waals surface area (Å²) in [6, 6.07) is 21.3.